The maximum Gasteiger partial charge on any atom is 0.143 e. The van der Waals surface area contributed by atoms with Crippen molar-refractivity contribution in [3.8, 4) is 0 Å². The molecule has 1 aliphatic rings. The van der Waals surface area contributed by atoms with E-state index in [2.05, 4.69) is 62.4 Å². The number of piperidine rings is 1. The molecule has 24 heavy (non-hydrogen) atoms. The zero-order valence-electron chi connectivity index (χ0n) is 14.0. The molecule has 124 valence electrons. The van der Waals surface area contributed by atoms with Gasteiger partial charge in [-0.15, -0.1) is 0 Å². The van der Waals surface area contributed by atoms with E-state index in [1.165, 1.54) is 11.1 Å². The monoisotopic (exact) mass is 321 g/mol. The average Bonchev–Trinajstić information content (AvgIpc) is 3.00. The lowest BCUT2D eigenvalue weighted by molar-refractivity contribution is 0.211. The van der Waals surface area contributed by atoms with E-state index in [1.807, 2.05) is 6.20 Å². The number of rotatable bonds is 4. The minimum Gasteiger partial charge on any atom is -0.367 e. The van der Waals surface area contributed by atoms with Crippen molar-refractivity contribution in [1.82, 2.24) is 19.9 Å². The number of anilines is 1. The van der Waals surface area contributed by atoms with E-state index in [0.29, 0.717) is 6.04 Å². The maximum absolute atomic E-state index is 4.46. The SMILES string of the molecule is Cc1c[nH]c2ncnc(NC3CCN(Cc4ccccc4)CC3)c12. The molecule has 3 heterocycles. The van der Waals surface area contributed by atoms with Crippen molar-refractivity contribution < 1.29 is 0 Å². The third-order valence-corrected chi connectivity index (χ3v) is 4.84. The van der Waals surface area contributed by atoms with Crippen molar-refractivity contribution in [2.24, 2.45) is 0 Å². The number of H-pyrrole nitrogens is 1. The average molecular weight is 321 g/mol. The summed E-state index contributed by atoms with van der Waals surface area (Å²) >= 11 is 0. The van der Waals surface area contributed by atoms with E-state index in [9.17, 15) is 0 Å². The van der Waals surface area contributed by atoms with Gasteiger partial charge < -0.3 is 10.3 Å². The molecule has 1 saturated heterocycles. The van der Waals surface area contributed by atoms with Gasteiger partial charge in [0.15, 0.2) is 0 Å². The summed E-state index contributed by atoms with van der Waals surface area (Å²) in [6.45, 7) is 5.37. The lowest BCUT2D eigenvalue weighted by Crippen LogP contribution is -2.38. The van der Waals surface area contributed by atoms with Gasteiger partial charge in [0.2, 0.25) is 0 Å². The Kier molecular flexibility index (Phi) is 4.17. The van der Waals surface area contributed by atoms with Crippen LogP contribution in [0.5, 0.6) is 0 Å². The summed E-state index contributed by atoms with van der Waals surface area (Å²) in [7, 11) is 0. The van der Waals surface area contributed by atoms with Crippen molar-refractivity contribution >= 4 is 16.9 Å². The second-order valence-electron chi connectivity index (χ2n) is 6.60. The van der Waals surface area contributed by atoms with Crippen molar-refractivity contribution in [3.05, 3.63) is 54.0 Å². The van der Waals surface area contributed by atoms with Gasteiger partial charge in [-0.25, -0.2) is 9.97 Å². The summed E-state index contributed by atoms with van der Waals surface area (Å²) in [4.78, 5) is 14.5. The minimum atomic E-state index is 0.476. The molecule has 2 aromatic heterocycles. The molecular formula is C19H23N5. The number of nitrogens with one attached hydrogen (secondary N) is 2. The second-order valence-corrected chi connectivity index (χ2v) is 6.60. The third-order valence-electron chi connectivity index (χ3n) is 4.84. The number of fused-ring (bicyclic) bond motifs is 1. The summed E-state index contributed by atoms with van der Waals surface area (Å²) < 4.78 is 0. The van der Waals surface area contributed by atoms with Crippen LogP contribution in [0.25, 0.3) is 11.0 Å². The Morgan fingerprint density at radius 1 is 1.17 bits per heavy atom. The topological polar surface area (TPSA) is 56.8 Å². The molecular weight excluding hydrogens is 298 g/mol. The number of aromatic amines is 1. The van der Waals surface area contributed by atoms with E-state index in [1.54, 1.807) is 6.33 Å². The van der Waals surface area contributed by atoms with Crippen LogP contribution in [0.1, 0.15) is 24.0 Å². The summed E-state index contributed by atoms with van der Waals surface area (Å²) in [6, 6.07) is 11.2. The lowest BCUT2D eigenvalue weighted by Gasteiger charge is -2.32. The number of aromatic nitrogens is 3. The Morgan fingerprint density at radius 3 is 2.75 bits per heavy atom. The fourth-order valence-corrected chi connectivity index (χ4v) is 3.50. The maximum atomic E-state index is 4.46. The number of nitrogens with zero attached hydrogens (tertiary/aromatic N) is 3. The molecule has 1 fully saturated rings. The van der Waals surface area contributed by atoms with Gasteiger partial charge in [0.05, 0.1) is 5.39 Å². The molecule has 4 rings (SSSR count). The first-order valence-corrected chi connectivity index (χ1v) is 8.61. The highest BCUT2D eigenvalue weighted by Crippen LogP contribution is 2.25. The molecule has 1 aliphatic heterocycles. The molecule has 3 aromatic rings. The van der Waals surface area contributed by atoms with Crippen LogP contribution in [0.2, 0.25) is 0 Å². The molecule has 0 amide bonds. The van der Waals surface area contributed by atoms with Gasteiger partial charge in [-0.1, -0.05) is 30.3 Å². The fourth-order valence-electron chi connectivity index (χ4n) is 3.50. The second kappa shape index (κ2) is 6.61. The van der Waals surface area contributed by atoms with Crippen LogP contribution in [-0.2, 0) is 6.54 Å². The van der Waals surface area contributed by atoms with E-state index in [0.717, 1.165) is 49.3 Å². The molecule has 0 spiro atoms. The molecule has 0 aliphatic carbocycles. The van der Waals surface area contributed by atoms with Gasteiger partial charge >= 0.3 is 0 Å². The Morgan fingerprint density at radius 2 is 1.96 bits per heavy atom. The highest BCUT2D eigenvalue weighted by Gasteiger charge is 2.20. The number of hydrogen-bond acceptors (Lipinski definition) is 4. The summed E-state index contributed by atoms with van der Waals surface area (Å²) in [6.07, 6.45) is 5.90. The molecule has 5 heteroatoms. The molecule has 0 saturated carbocycles. The van der Waals surface area contributed by atoms with Crippen molar-refractivity contribution in [3.63, 3.8) is 0 Å². The number of aryl methyl sites for hydroxylation is 1. The third kappa shape index (κ3) is 3.12. The van der Waals surface area contributed by atoms with E-state index < -0.39 is 0 Å². The van der Waals surface area contributed by atoms with Gasteiger partial charge in [-0.2, -0.15) is 0 Å². The number of benzene rings is 1. The molecule has 1 aromatic carbocycles. The number of likely N-dealkylation sites (tertiary alicyclic amines) is 1. The number of hydrogen-bond donors (Lipinski definition) is 2. The first-order valence-electron chi connectivity index (χ1n) is 8.61. The normalized spacial score (nSPS) is 16.5. The predicted octanol–water partition coefficient (Wildman–Crippen LogP) is 3.34. The van der Waals surface area contributed by atoms with Crippen LogP contribution in [0.4, 0.5) is 5.82 Å². The van der Waals surface area contributed by atoms with Crippen molar-refractivity contribution in [1.29, 1.82) is 0 Å². The molecule has 0 unspecified atom stereocenters. The molecule has 0 bridgehead atoms. The molecule has 0 atom stereocenters. The summed E-state index contributed by atoms with van der Waals surface area (Å²) in [5.41, 5.74) is 3.49. The van der Waals surface area contributed by atoms with E-state index in [-0.39, 0.29) is 0 Å². The largest absolute Gasteiger partial charge is 0.367 e. The Hall–Kier alpha value is -2.40. The minimum absolute atomic E-state index is 0.476. The highest BCUT2D eigenvalue weighted by atomic mass is 15.1. The van der Waals surface area contributed by atoms with Crippen molar-refractivity contribution in [2.75, 3.05) is 18.4 Å². The smallest absolute Gasteiger partial charge is 0.143 e. The van der Waals surface area contributed by atoms with Crippen LogP contribution in [0.15, 0.2) is 42.9 Å². The molecule has 5 nitrogen and oxygen atoms in total. The lowest BCUT2D eigenvalue weighted by atomic mass is 10.0. The standard InChI is InChI=1S/C19H23N5/c1-14-11-20-18-17(14)19(22-13-21-18)23-16-7-9-24(10-8-16)12-15-5-3-2-4-6-15/h2-6,11,13,16H,7-10,12H2,1H3,(H2,20,21,22,23). The fraction of sp³-hybridized carbons (Fsp3) is 0.368. The Bertz CT molecular complexity index is 803. The molecule has 0 radical (unpaired) electrons. The predicted molar refractivity (Wildman–Crippen MR) is 97.0 cm³/mol. The van der Waals surface area contributed by atoms with E-state index >= 15 is 0 Å². The van der Waals surface area contributed by atoms with Crippen LogP contribution in [0.3, 0.4) is 0 Å². The highest BCUT2D eigenvalue weighted by molar-refractivity contribution is 5.90. The Labute approximate surface area is 142 Å². The Balaban J connectivity index is 1.38. The summed E-state index contributed by atoms with van der Waals surface area (Å²) in [5, 5.41) is 4.75. The summed E-state index contributed by atoms with van der Waals surface area (Å²) in [5.74, 6) is 0.959. The van der Waals surface area contributed by atoms with Gasteiger partial charge in [-0.05, 0) is 30.9 Å². The first kappa shape index (κ1) is 15.1. The zero-order chi connectivity index (χ0) is 16.4. The van der Waals surface area contributed by atoms with Crippen LogP contribution >= 0.6 is 0 Å². The van der Waals surface area contributed by atoms with Crippen molar-refractivity contribution in [2.45, 2.75) is 32.4 Å². The van der Waals surface area contributed by atoms with Crippen LogP contribution in [0, 0.1) is 6.92 Å². The van der Waals surface area contributed by atoms with Gasteiger partial charge in [-0.3, -0.25) is 4.90 Å². The first-order chi connectivity index (χ1) is 11.8. The quantitative estimate of drug-likeness (QED) is 0.774. The van der Waals surface area contributed by atoms with Gasteiger partial charge in [0.1, 0.15) is 17.8 Å². The van der Waals surface area contributed by atoms with Gasteiger partial charge in [0.25, 0.3) is 0 Å². The zero-order valence-corrected chi connectivity index (χ0v) is 14.0. The molecule has 2 N–H and O–H groups in total. The van der Waals surface area contributed by atoms with E-state index in [4.69, 9.17) is 0 Å². The van der Waals surface area contributed by atoms with Crippen LogP contribution in [-0.4, -0.2) is 39.0 Å². The van der Waals surface area contributed by atoms with Gasteiger partial charge in [0, 0.05) is 31.9 Å². The van der Waals surface area contributed by atoms with Crippen LogP contribution < -0.4 is 5.32 Å².